The Balaban J connectivity index is 1.97. The van der Waals surface area contributed by atoms with Crippen LogP contribution >= 0.6 is 0 Å². The molecule has 3 nitrogen and oxygen atoms in total. The molecule has 2 rings (SSSR count). The molecular weight excluding hydrogens is 166 g/mol. The van der Waals surface area contributed by atoms with Gasteiger partial charge in [0.15, 0.2) is 6.23 Å². The van der Waals surface area contributed by atoms with Crippen molar-refractivity contribution < 1.29 is 9.53 Å². The lowest BCUT2D eigenvalue weighted by Crippen LogP contribution is -2.52. The lowest BCUT2D eigenvalue weighted by atomic mass is 10.2. The van der Waals surface area contributed by atoms with Crippen molar-refractivity contribution in [2.24, 2.45) is 0 Å². The van der Waals surface area contributed by atoms with Crippen LogP contribution in [0, 0.1) is 0 Å². The lowest BCUT2D eigenvalue weighted by molar-refractivity contribution is -0.156. The summed E-state index contributed by atoms with van der Waals surface area (Å²) in [5.41, 5.74) is 0. The third kappa shape index (κ3) is 1.49. The van der Waals surface area contributed by atoms with Crippen molar-refractivity contribution in [1.82, 2.24) is 4.90 Å². The van der Waals surface area contributed by atoms with Gasteiger partial charge >= 0.3 is 0 Å². The van der Waals surface area contributed by atoms with Crippen molar-refractivity contribution in [2.75, 3.05) is 7.05 Å². The van der Waals surface area contributed by atoms with Gasteiger partial charge in [0.2, 0.25) is 5.91 Å². The van der Waals surface area contributed by atoms with Crippen LogP contribution < -0.4 is 4.74 Å². The first-order valence-electron chi connectivity index (χ1n) is 4.25. The molecule has 1 fully saturated rings. The summed E-state index contributed by atoms with van der Waals surface area (Å²) in [7, 11) is 1.75. The highest BCUT2D eigenvalue weighted by Crippen LogP contribution is 2.21. The molecule has 1 aliphatic heterocycles. The first kappa shape index (κ1) is 8.10. The highest BCUT2D eigenvalue weighted by atomic mass is 16.5. The minimum Gasteiger partial charge on any atom is -0.470 e. The lowest BCUT2D eigenvalue weighted by Gasteiger charge is -2.36. The van der Waals surface area contributed by atoms with Gasteiger partial charge in [-0.3, -0.25) is 4.79 Å². The van der Waals surface area contributed by atoms with Crippen molar-refractivity contribution in [3.63, 3.8) is 0 Å². The van der Waals surface area contributed by atoms with Crippen molar-refractivity contribution >= 4 is 5.91 Å². The normalized spacial score (nSPS) is 21.2. The van der Waals surface area contributed by atoms with Crippen LogP contribution in [-0.4, -0.2) is 24.1 Å². The zero-order chi connectivity index (χ0) is 9.26. The second kappa shape index (κ2) is 3.09. The summed E-state index contributed by atoms with van der Waals surface area (Å²) in [6.45, 7) is 0. The summed E-state index contributed by atoms with van der Waals surface area (Å²) in [6.07, 6.45) is 0.417. The SMILES string of the molecule is CN1C(=O)CC1Oc1ccccc1. The van der Waals surface area contributed by atoms with Gasteiger partial charge in [-0.05, 0) is 12.1 Å². The topological polar surface area (TPSA) is 29.5 Å². The molecule has 0 radical (unpaired) electrons. The average molecular weight is 177 g/mol. The molecule has 0 aromatic heterocycles. The monoisotopic (exact) mass is 177 g/mol. The van der Waals surface area contributed by atoms with Crippen molar-refractivity contribution in [1.29, 1.82) is 0 Å². The number of amides is 1. The predicted octanol–water partition coefficient (Wildman–Crippen LogP) is 1.25. The number of benzene rings is 1. The number of nitrogens with zero attached hydrogens (tertiary/aromatic N) is 1. The van der Waals surface area contributed by atoms with Crippen LogP contribution in [0.2, 0.25) is 0 Å². The minimum absolute atomic E-state index is 0.0742. The summed E-state index contributed by atoms with van der Waals surface area (Å²) in [6, 6.07) is 9.53. The molecule has 3 heteroatoms. The van der Waals surface area contributed by atoms with E-state index < -0.39 is 0 Å². The fourth-order valence-corrected chi connectivity index (χ4v) is 1.26. The number of likely N-dealkylation sites (tertiary alicyclic amines) is 1. The average Bonchev–Trinajstić information content (AvgIpc) is 2.19. The molecule has 0 saturated carbocycles. The number of rotatable bonds is 2. The Morgan fingerprint density at radius 2 is 2.08 bits per heavy atom. The Labute approximate surface area is 76.9 Å². The van der Waals surface area contributed by atoms with Gasteiger partial charge in [-0.1, -0.05) is 18.2 Å². The van der Waals surface area contributed by atoms with Crippen molar-refractivity contribution in [2.45, 2.75) is 12.6 Å². The minimum atomic E-state index is -0.0742. The van der Waals surface area contributed by atoms with Gasteiger partial charge in [0.25, 0.3) is 0 Å². The summed E-state index contributed by atoms with van der Waals surface area (Å²) in [5.74, 6) is 0.952. The summed E-state index contributed by atoms with van der Waals surface area (Å²) in [5, 5.41) is 0. The molecule has 68 valence electrons. The van der Waals surface area contributed by atoms with Crippen LogP contribution in [0.1, 0.15) is 6.42 Å². The number of carbonyl (C=O) groups excluding carboxylic acids is 1. The summed E-state index contributed by atoms with van der Waals surface area (Å²) >= 11 is 0. The Morgan fingerprint density at radius 1 is 1.38 bits per heavy atom. The molecule has 0 spiro atoms. The van der Waals surface area contributed by atoms with Gasteiger partial charge in [0.1, 0.15) is 5.75 Å². The maximum atomic E-state index is 10.9. The largest absolute Gasteiger partial charge is 0.470 e. The third-order valence-corrected chi connectivity index (χ3v) is 2.19. The second-order valence-corrected chi connectivity index (χ2v) is 3.09. The van der Waals surface area contributed by atoms with Crippen LogP contribution in [0.4, 0.5) is 0 Å². The Morgan fingerprint density at radius 3 is 2.62 bits per heavy atom. The van der Waals surface area contributed by atoms with E-state index in [2.05, 4.69) is 0 Å². The van der Waals surface area contributed by atoms with Gasteiger partial charge in [-0.2, -0.15) is 0 Å². The molecule has 1 unspecified atom stereocenters. The quantitative estimate of drug-likeness (QED) is 0.636. The standard InChI is InChI=1S/C10H11NO2/c1-11-9(12)7-10(11)13-8-5-3-2-4-6-8/h2-6,10H,7H2,1H3. The molecule has 0 N–H and O–H groups in total. The zero-order valence-corrected chi connectivity index (χ0v) is 7.43. The number of β-lactam (4-membered cyclic amide) rings is 1. The molecule has 1 heterocycles. The molecule has 0 bridgehead atoms. The van der Waals surface area contributed by atoms with E-state index in [0.29, 0.717) is 6.42 Å². The van der Waals surface area contributed by atoms with E-state index in [1.54, 1.807) is 11.9 Å². The van der Waals surface area contributed by atoms with Crippen LogP contribution in [0.25, 0.3) is 0 Å². The predicted molar refractivity (Wildman–Crippen MR) is 48.2 cm³/mol. The maximum Gasteiger partial charge on any atom is 0.230 e. The van der Waals surface area contributed by atoms with E-state index in [9.17, 15) is 4.79 Å². The van der Waals surface area contributed by atoms with Crippen molar-refractivity contribution in [3.05, 3.63) is 30.3 Å². The van der Waals surface area contributed by atoms with Gasteiger partial charge in [-0.15, -0.1) is 0 Å². The van der Waals surface area contributed by atoms with Crippen LogP contribution in [-0.2, 0) is 4.79 Å². The summed E-state index contributed by atoms with van der Waals surface area (Å²) < 4.78 is 5.54. The molecule has 1 aromatic rings. The first-order valence-corrected chi connectivity index (χ1v) is 4.25. The van der Waals surface area contributed by atoms with E-state index in [4.69, 9.17) is 4.74 Å². The van der Waals surface area contributed by atoms with Crippen LogP contribution in [0.3, 0.4) is 0 Å². The van der Waals surface area contributed by atoms with Gasteiger partial charge < -0.3 is 9.64 Å². The maximum absolute atomic E-state index is 10.9. The molecule has 1 saturated heterocycles. The van der Waals surface area contributed by atoms with E-state index in [-0.39, 0.29) is 12.1 Å². The van der Waals surface area contributed by atoms with Crippen molar-refractivity contribution in [3.8, 4) is 5.75 Å². The first-order chi connectivity index (χ1) is 6.27. The molecule has 1 atom stereocenters. The fourth-order valence-electron chi connectivity index (χ4n) is 1.26. The molecular formula is C10H11NO2. The Bertz CT molecular complexity index is 310. The fraction of sp³-hybridized carbons (Fsp3) is 0.300. The molecule has 1 aromatic carbocycles. The number of para-hydroxylation sites is 1. The van der Waals surface area contributed by atoms with E-state index in [1.807, 2.05) is 30.3 Å². The van der Waals surface area contributed by atoms with E-state index in [0.717, 1.165) is 5.75 Å². The molecule has 0 aliphatic carbocycles. The van der Waals surface area contributed by atoms with E-state index >= 15 is 0 Å². The van der Waals surface area contributed by atoms with Crippen LogP contribution in [0.15, 0.2) is 30.3 Å². The van der Waals surface area contributed by atoms with Gasteiger partial charge in [-0.25, -0.2) is 0 Å². The molecule has 1 amide bonds. The third-order valence-electron chi connectivity index (χ3n) is 2.19. The number of carbonyl (C=O) groups is 1. The van der Waals surface area contributed by atoms with Gasteiger partial charge in [0.05, 0.1) is 6.42 Å². The smallest absolute Gasteiger partial charge is 0.230 e. The highest BCUT2D eigenvalue weighted by molar-refractivity contribution is 5.82. The van der Waals surface area contributed by atoms with Crippen LogP contribution in [0.5, 0.6) is 5.75 Å². The summed E-state index contributed by atoms with van der Waals surface area (Å²) in [4.78, 5) is 12.5. The zero-order valence-electron chi connectivity index (χ0n) is 7.43. The molecule has 1 aliphatic rings. The Kier molecular flexibility index (Phi) is 1.93. The van der Waals surface area contributed by atoms with E-state index in [1.165, 1.54) is 0 Å². The molecule has 13 heavy (non-hydrogen) atoms. The Hall–Kier alpha value is -1.51. The number of hydrogen-bond donors (Lipinski definition) is 0. The van der Waals surface area contributed by atoms with Gasteiger partial charge in [0, 0.05) is 7.05 Å². The number of ether oxygens (including phenoxy) is 1. The second-order valence-electron chi connectivity index (χ2n) is 3.09. The highest BCUT2D eigenvalue weighted by Gasteiger charge is 2.34. The number of hydrogen-bond acceptors (Lipinski definition) is 2.